The maximum absolute atomic E-state index is 13.9. The average molecular weight is 351 g/mol. The van der Waals surface area contributed by atoms with Gasteiger partial charge < -0.3 is 15.1 Å². The first kappa shape index (κ1) is 17.9. The number of β-amino-alcohol motifs (C(OH)–C–C–N with tert-alkyl or cyclic N) is 1. The molecule has 3 rings (SSSR count). The van der Waals surface area contributed by atoms with Gasteiger partial charge in [-0.1, -0.05) is 24.3 Å². The Morgan fingerprint density at radius 3 is 2.28 bits per heavy atom. The first-order valence-corrected chi connectivity index (χ1v) is 8.22. The smallest absolute Gasteiger partial charge is 0.159 e. The van der Waals surface area contributed by atoms with Crippen molar-refractivity contribution in [2.24, 2.45) is 0 Å². The summed E-state index contributed by atoms with van der Waals surface area (Å²) in [6.45, 7) is 1.16. The Kier molecular flexibility index (Phi) is 5.13. The maximum Gasteiger partial charge on any atom is 0.159 e. The van der Waals surface area contributed by atoms with E-state index in [0.29, 0.717) is 31.5 Å². The molecule has 6 heteroatoms. The van der Waals surface area contributed by atoms with E-state index >= 15 is 0 Å². The van der Waals surface area contributed by atoms with Gasteiger partial charge in [0.25, 0.3) is 0 Å². The molecule has 1 aliphatic heterocycles. The third-order valence-electron chi connectivity index (χ3n) is 4.82. The van der Waals surface area contributed by atoms with E-state index in [1.54, 1.807) is 18.2 Å². The van der Waals surface area contributed by atoms with Gasteiger partial charge in [-0.25, -0.2) is 13.2 Å². The lowest BCUT2D eigenvalue weighted by atomic mass is 9.84. The topological polar surface area (TPSA) is 43.7 Å². The molecule has 0 saturated carbocycles. The second kappa shape index (κ2) is 7.15. The molecule has 2 aromatic carbocycles. The molecule has 1 heterocycles. The predicted octanol–water partition coefficient (Wildman–Crippen LogP) is 3.12. The van der Waals surface area contributed by atoms with Crippen LogP contribution in [0.15, 0.2) is 42.5 Å². The van der Waals surface area contributed by atoms with Gasteiger partial charge in [-0.05, 0) is 36.6 Å². The van der Waals surface area contributed by atoms with Crippen LogP contribution in [0, 0.1) is 17.5 Å². The van der Waals surface area contributed by atoms with Crippen LogP contribution in [-0.2, 0) is 5.60 Å². The number of rotatable bonds is 4. The summed E-state index contributed by atoms with van der Waals surface area (Å²) in [4.78, 5) is 1.92. The number of likely N-dealkylation sites (tertiary alicyclic amines) is 1. The second-order valence-corrected chi connectivity index (χ2v) is 6.50. The monoisotopic (exact) mass is 351 g/mol. The quantitative estimate of drug-likeness (QED) is 0.890. The summed E-state index contributed by atoms with van der Waals surface area (Å²) in [5, 5.41) is 21.0. The van der Waals surface area contributed by atoms with Crippen LogP contribution in [0.1, 0.15) is 30.1 Å². The van der Waals surface area contributed by atoms with Gasteiger partial charge in [0.2, 0.25) is 0 Å². The molecule has 0 aliphatic carbocycles. The summed E-state index contributed by atoms with van der Waals surface area (Å²) in [5.74, 6) is -2.38. The molecule has 1 saturated heterocycles. The van der Waals surface area contributed by atoms with E-state index in [0.717, 1.165) is 12.1 Å². The van der Waals surface area contributed by atoms with Crippen LogP contribution in [-0.4, -0.2) is 34.7 Å². The molecule has 2 N–H and O–H groups in total. The maximum atomic E-state index is 13.9. The Bertz CT molecular complexity index is 745. The van der Waals surface area contributed by atoms with Gasteiger partial charge in [0.05, 0.1) is 11.7 Å². The number of hydrogen-bond donors (Lipinski definition) is 2. The minimum absolute atomic E-state index is 0.235. The molecule has 1 atom stereocenters. The van der Waals surface area contributed by atoms with Gasteiger partial charge in [-0.3, -0.25) is 0 Å². The van der Waals surface area contributed by atoms with E-state index in [9.17, 15) is 23.4 Å². The van der Waals surface area contributed by atoms with Crippen molar-refractivity contribution in [3.63, 3.8) is 0 Å². The number of aliphatic hydroxyl groups is 2. The van der Waals surface area contributed by atoms with Crippen molar-refractivity contribution in [1.82, 2.24) is 4.90 Å². The minimum atomic E-state index is -1.23. The molecule has 0 radical (unpaired) electrons. The molecule has 1 fully saturated rings. The standard InChI is InChI=1S/C19H20F3NO2/c20-15-4-2-1-3-14(15)19(25)7-9-23(10-8-19)12-18(24)13-5-6-16(21)17(22)11-13/h1-6,11,18,24-25H,7-10,12H2/t18-/m0/s1. The van der Waals surface area contributed by atoms with E-state index in [4.69, 9.17) is 0 Å². The van der Waals surface area contributed by atoms with Crippen molar-refractivity contribution in [2.45, 2.75) is 24.5 Å². The lowest BCUT2D eigenvalue weighted by Gasteiger charge is -2.39. The third-order valence-corrected chi connectivity index (χ3v) is 4.82. The highest BCUT2D eigenvalue weighted by molar-refractivity contribution is 5.25. The number of halogens is 3. The van der Waals surface area contributed by atoms with Crippen molar-refractivity contribution in [3.8, 4) is 0 Å². The molecule has 0 aromatic heterocycles. The van der Waals surface area contributed by atoms with E-state index in [2.05, 4.69) is 0 Å². The number of hydrogen-bond acceptors (Lipinski definition) is 3. The van der Waals surface area contributed by atoms with E-state index in [-0.39, 0.29) is 12.1 Å². The minimum Gasteiger partial charge on any atom is -0.387 e. The Labute approximate surface area is 144 Å². The van der Waals surface area contributed by atoms with Crippen molar-refractivity contribution in [2.75, 3.05) is 19.6 Å². The molecule has 1 aliphatic rings. The van der Waals surface area contributed by atoms with Gasteiger partial charge in [0, 0.05) is 25.2 Å². The second-order valence-electron chi connectivity index (χ2n) is 6.50. The van der Waals surface area contributed by atoms with Crippen LogP contribution in [0.5, 0.6) is 0 Å². The SMILES string of the molecule is O[C@@H](CN1CCC(O)(c2ccccc2F)CC1)c1ccc(F)c(F)c1. The summed E-state index contributed by atoms with van der Waals surface area (Å²) >= 11 is 0. The van der Waals surface area contributed by atoms with Crippen LogP contribution in [0.25, 0.3) is 0 Å². The van der Waals surface area contributed by atoms with Gasteiger partial charge in [-0.2, -0.15) is 0 Å². The van der Waals surface area contributed by atoms with E-state index < -0.39 is 29.2 Å². The summed E-state index contributed by atoms with van der Waals surface area (Å²) in [6, 6.07) is 9.50. The highest BCUT2D eigenvalue weighted by atomic mass is 19.2. The molecular weight excluding hydrogens is 331 g/mol. The lowest BCUT2D eigenvalue weighted by Crippen LogP contribution is -2.44. The van der Waals surface area contributed by atoms with Crippen molar-refractivity contribution >= 4 is 0 Å². The Morgan fingerprint density at radius 2 is 1.64 bits per heavy atom. The van der Waals surface area contributed by atoms with Crippen LogP contribution >= 0.6 is 0 Å². The molecule has 3 nitrogen and oxygen atoms in total. The lowest BCUT2D eigenvalue weighted by molar-refractivity contribution is -0.0367. The first-order valence-electron chi connectivity index (χ1n) is 8.22. The molecule has 134 valence electrons. The van der Waals surface area contributed by atoms with Crippen LogP contribution in [0.3, 0.4) is 0 Å². The van der Waals surface area contributed by atoms with Crippen LogP contribution in [0.4, 0.5) is 13.2 Å². The average Bonchev–Trinajstić information content (AvgIpc) is 2.60. The third kappa shape index (κ3) is 3.86. The van der Waals surface area contributed by atoms with Gasteiger partial charge in [-0.15, -0.1) is 0 Å². The molecule has 0 bridgehead atoms. The molecule has 0 amide bonds. The predicted molar refractivity (Wildman–Crippen MR) is 87.3 cm³/mol. The highest BCUT2D eigenvalue weighted by Gasteiger charge is 2.36. The van der Waals surface area contributed by atoms with Crippen LogP contribution in [0.2, 0.25) is 0 Å². The Morgan fingerprint density at radius 1 is 0.960 bits per heavy atom. The fourth-order valence-electron chi connectivity index (χ4n) is 3.28. The summed E-state index contributed by atoms with van der Waals surface area (Å²) in [5.41, 5.74) is -0.640. The zero-order valence-electron chi connectivity index (χ0n) is 13.6. The molecule has 2 aromatic rings. The van der Waals surface area contributed by atoms with Crippen LogP contribution < -0.4 is 0 Å². The largest absolute Gasteiger partial charge is 0.387 e. The highest BCUT2D eigenvalue weighted by Crippen LogP contribution is 2.34. The van der Waals surface area contributed by atoms with Gasteiger partial charge >= 0.3 is 0 Å². The summed E-state index contributed by atoms with van der Waals surface area (Å²) < 4.78 is 40.2. The number of nitrogens with zero attached hydrogens (tertiary/aromatic N) is 1. The normalized spacial score (nSPS) is 18.9. The van der Waals surface area contributed by atoms with E-state index in [1.165, 1.54) is 12.1 Å². The molecule has 0 spiro atoms. The summed E-state index contributed by atoms with van der Waals surface area (Å²) in [7, 11) is 0. The Hall–Kier alpha value is -1.89. The number of piperidine rings is 1. The number of aliphatic hydroxyl groups excluding tert-OH is 1. The number of benzene rings is 2. The molecule has 25 heavy (non-hydrogen) atoms. The summed E-state index contributed by atoms with van der Waals surface area (Å²) in [6.07, 6.45) is -0.300. The Balaban J connectivity index is 1.62. The fraction of sp³-hybridized carbons (Fsp3) is 0.368. The van der Waals surface area contributed by atoms with Gasteiger partial charge in [0.1, 0.15) is 5.82 Å². The fourth-order valence-corrected chi connectivity index (χ4v) is 3.28. The molecular formula is C19H20F3NO2. The molecule has 0 unspecified atom stereocenters. The zero-order valence-corrected chi connectivity index (χ0v) is 13.6. The zero-order chi connectivity index (χ0) is 18.0. The van der Waals surface area contributed by atoms with Gasteiger partial charge in [0.15, 0.2) is 11.6 Å². The van der Waals surface area contributed by atoms with Crippen molar-refractivity contribution in [1.29, 1.82) is 0 Å². The van der Waals surface area contributed by atoms with Crippen molar-refractivity contribution < 1.29 is 23.4 Å². The van der Waals surface area contributed by atoms with Crippen molar-refractivity contribution in [3.05, 3.63) is 71.0 Å². The van der Waals surface area contributed by atoms with E-state index in [1.807, 2.05) is 4.90 Å². The first-order chi connectivity index (χ1) is 11.9.